The van der Waals surface area contributed by atoms with Crippen LogP contribution in [0.25, 0.3) is 0 Å². The summed E-state index contributed by atoms with van der Waals surface area (Å²) in [5.74, 6) is 1.97. The zero-order valence-electron chi connectivity index (χ0n) is 17.1. The van der Waals surface area contributed by atoms with Gasteiger partial charge in [0.05, 0.1) is 6.54 Å². The van der Waals surface area contributed by atoms with Gasteiger partial charge in [-0.2, -0.15) is 0 Å². The fourth-order valence-corrected chi connectivity index (χ4v) is 3.38. The van der Waals surface area contributed by atoms with E-state index in [-0.39, 0.29) is 12.5 Å². The Morgan fingerprint density at radius 2 is 2.00 bits per heavy atom. The lowest BCUT2D eigenvalue weighted by atomic mass is 9.94. The number of likely N-dealkylation sites (tertiary alicyclic amines) is 1. The first kappa shape index (κ1) is 22.7. The molecule has 1 heterocycles. The van der Waals surface area contributed by atoms with Crippen LogP contribution < -0.4 is 16.0 Å². The van der Waals surface area contributed by atoms with Crippen LogP contribution in [0.5, 0.6) is 0 Å². The average Bonchev–Trinajstić information content (AvgIpc) is 2.61. The molecule has 7 nitrogen and oxygen atoms in total. The minimum atomic E-state index is 0.0754. The van der Waals surface area contributed by atoms with E-state index in [2.05, 4.69) is 41.6 Å². The Bertz CT molecular complexity index is 420. The molecule has 1 amide bonds. The first-order chi connectivity index (χ1) is 12.5. The number of piperidine rings is 1. The average molecular weight is 370 g/mol. The second-order valence-corrected chi connectivity index (χ2v) is 7.60. The van der Waals surface area contributed by atoms with Crippen molar-refractivity contribution in [2.45, 2.75) is 52.5 Å². The highest BCUT2D eigenvalue weighted by Crippen LogP contribution is 2.16. The van der Waals surface area contributed by atoms with Crippen molar-refractivity contribution < 1.29 is 9.90 Å². The van der Waals surface area contributed by atoms with Gasteiger partial charge in [0.2, 0.25) is 5.91 Å². The molecule has 7 heteroatoms. The molecule has 0 saturated carbocycles. The van der Waals surface area contributed by atoms with Gasteiger partial charge in [-0.15, -0.1) is 0 Å². The van der Waals surface area contributed by atoms with Gasteiger partial charge < -0.3 is 21.1 Å². The SMILES string of the molecule is CCNC(=NCC(CCO)CC(C)C)NC1CCN(CC(=O)NC)CC1. The maximum absolute atomic E-state index is 11.5. The van der Waals surface area contributed by atoms with Crippen molar-refractivity contribution in [2.24, 2.45) is 16.8 Å². The summed E-state index contributed by atoms with van der Waals surface area (Å²) in [7, 11) is 1.68. The smallest absolute Gasteiger partial charge is 0.233 e. The summed E-state index contributed by atoms with van der Waals surface area (Å²) in [6.07, 6.45) is 3.90. The Labute approximate surface area is 159 Å². The number of guanidine groups is 1. The van der Waals surface area contributed by atoms with Gasteiger partial charge in [-0.3, -0.25) is 14.7 Å². The third-order valence-electron chi connectivity index (χ3n) is 4.77. The Balaban J connectivity index is 2.50. The first-order valence-electron chi connectivity index (χ1n) is 10.1. The molecule has 0 aliphatic carbocycles. The molecule has 4 N–H and O–H groups in total. The zero-order chi connectivity index (χ0) is 19.4. The number of nitrogens with one attached hydrogen (secondary N) is 3. The number of hydrogen-bond acceptors (Lipinski definition) is 4. The molecular formula is C19H39N5O2. The van der Waals surface area contributed by atoms with Gasteiger partial charge in [-0.1, -0.05) is 13.8 Å². The predicted molar refractivity (Wildman–Crippen MR) is 107 cm³/mol. The minimum Gasteiger partial charge on any atom is -0.396 e. The van der Waals surface area contributed by atoms with Crippen LogP contribution in [0.4, 0.5) is 0 Å². The number of carbonyl (C=O) groups is 1. The van der Waals surface area contributed by atoms with Crippen LogP contribution >= 0.6 is 0 Å². The molecule has 1 fully saturated rings. The zero-order valence-corrected chi connectivity index (χ0v) is 17.1. The van der Waals surface area contributed by atoms with Crippen LogP contribution in [0, 0.1) is 11.8 Å². The summed E-state index contributed by atoms with van der Waals surface area (Å²) in [4.78, 5) is 18.4. The van der Waals surface area contributed by atoms with Gasteiger partial charge in [-0.25, -0.2) is 0 Å². The number of carbonyl (C=O) groups excluding carboxylic acids is 1. The molecule has 1 aliphatic rings. The Morgan fingerprint density at radius 1 is 1.31 bits per heavy atom. The van der Waals surface area contributed by atoms with E-state index in [0.29, 0.717) is 24.4 Å². The summed E-state index contributed by atoms with van der Waals surface area (Å²) < 4.78 is 0. The van der Waals surface area contributed by atoms with Crippen LogP contribution in [0.15, 0.2) is 4.99 Å². The van der Waals surface area contributed by atoms with Crippen LogP contribution in [0.3, 0.4) is 0 Å². The fraction of sp³-hybridized carbons (Fsp3) is 0.895. The van der Waals surface area contributed by atoms with Gasteiger partial charge in [0.1, 0.15) is 0 Å². The molecule has 0 bridgehead atoms. The van der Waals surface area contributed by atoms with E-state index in [1.165, 1.54) is 0 Å². The third-order valence-corrected chi connectivity index (χ3v) is 4.77. The Hall–Kier alpha value is -1.34. The van der Waals surface area contributed by atoms with Crippen LogP contribution in [-0.2, 0) is 4.79 Å². The summed E-state index contributed by atoms with van der Waals surface area (Å²) in [6, 6.07) is 0.384. The fourth-order valence-electron chi connectivity index (χ4n) is 3.38. The van der Waals surface area contributed by atoms with Crippen molar-refractivity contribution in [2.75, 3.05) is 46.4 Å². The van der Waals surface area contributed by atoms with Crippen LogP contribution in [0.2, 0.25) is 0 Å². The van der Waals surface area contributed by atoms with Crippen molar-refractivity contribution in [3.63, 3.8) is 0 Å². The molecule has 0 radical (unpaired) electrons. The second kappa shape index (κ2) is 12.9. The normalized spacial score (nSPS) is 18.0. The van der Waals surface area contributed by atoms with Gasteiger partial charge in [-0.05, 0) is 44.4 Å². The summed E-state index contributed by atoms with van der Waals surface area (Å²) in [5, 5.41) is 18.8. The summed E-state index contributed by atoms with van der Waals surface area (Å²) in [5.41, 5.74) is 0. The molecule has 152 valence electrons. The maximum Gasteiger partial charge on any atom is 0.233 e. The maximum atomic E-state index is 11.5. The van der Waals surface area contributed by atoms with Crippen LogP contribution in [-0.4, -0.2) is 74.3 Å². The number of aliphatic hydroxyl groups excluding tert-OH is 1. The largest absolute Gasteiger partial charge is 0.396 e. The summed E-state index contributed by atoms with van der Waals surface area (Å²) in [6.45, 7) is 10.6. The van der Waals surface area contributed by atoms with Crippen molar-refractivity contribution in [3.05, 3.63) is 0 Å². The van der Waals surface area contributed by atoms with E-state index in [0.717, 1.165) is 57.8 Å². The number of rotatable bonds is 10. The van der Waals surface area contributed by atoms with Gasteiger partial charge in [0.25, 0.3) is 0 Å². The van der Waals surface area contributed by atoms with E-state index in [9.17, 15) is 9.90 Å². The lowest BCUT2D eigenvalue weighted by Gasteiger charge is -2.32. The molecule has 1 rings (SSSR count). The molecule has 0 spiro atoms. The van der Waals surface area contributed by atoms with Gasteiger partial charge in [0, 0.05) is 45.9 Å². The molecule has 1 atom stereocenters. The van der Waals surface area contributed by atoms with Gasteiger partial charge >= 0.3 is 0 Å². The number of amides is 1. The van der Waals surface area contributed by atoms with Crippen molar-refractivity contribution in [1.29, 1.82) is 0 Å². The second-order valence-electron chi connectivity index (χ2n) is 7.60. The van der Waals surface area contributed by atoms with E-state index >= 15 is 0 Å². The topological polar surface area (TPSA) is 89.0 Å². The molecule has 0 aromatic carbocycles. The number of hydrogen-bond donors (Lipinski definition) is 4. The number of likely N-dealkylation sites (N-methyl/N-ethyl adjacent to an activating group) is 1. The number of aliphatic imine (C=N–C) groups is 1. The standard InChI is InChI=1S/C19H39N5O2/c1-5-21-19(22-13-16(8-11-25)12-15(2)3)23-17-6-9-24(10-7-17)14-18(26)20-4/h15-17,25H,5-14H2,1-4H3,(H,20,26)(H2,21,22,23). The quantitative estimate of drug-likeness (QED) is 0.338. The highest BCUT2D eigenvalue weighted by molar-refractivity contribution is 5.80. The summed E-state index contributed by atoms with van der Waals surface area (Å²) >= 11 is 0. The van der Waals surface area contributed by atoms with Gasteiger partial charge in [0.15, 0.2) is 5.96 Å². The van der Waals surface area contributed by atoms with E-state index < -0.39 is 0 Å². The molecule has 0 aromatic heterocycles. The van der Waals surface area contributed by atoms with Crippen molar-refractivity contribution >= 4 is 11.9 Å². The molecule has 1 aliphatic heterocycles. The van der Waals surface area contributed by atoms with E-state index in [1.807, 2.05) is 0 Å². The highest BCUT2D eigenvalue weighted by Gasteiger charge is 2.21. The lowest BCUT2D eigenvalue weighted by molar-refractivity contribution is -0.122. The lowest BCUT2D eigenvalue weighted by Crippen LogP contribution is -2.50. The highest BCUT2D eigenvalue weighted by atomic mass is 16.3. The Morgan fingerprint density at radius 3 is 2.54 bits per heavy atom. The monoisotopic (exact) mass is 369 g/mol. The number of nitrogens with zero attached hydrogens (tertiary/aromatic N) is 2. The van der Waals surface area contributed by atoms with E-state index in [4.69, 9.17) is 4.99 Å². The molecule has 0 aromatic rings. The molecular weight excluding hydrogens is 330 g/mol. The first-order valence-corrected chi connectivity index (χ1v) is 10.1. The Kier molecular flexibility index (Phi) is 11.3. The third kappa shape index (κ3) is 9.38. The number of aliphatic hydroxyl groups is 1. The van der Waals surface area contributed by atoms with E-state index in [1.54, 1.807) is 7.05 Å². The predicted octanol–water partition coefficient (Wildman–Crippen LogP) is 0.797. The van der Waals surface area contributed by atoms with Crippen LogP contribution in [0.1, 0.15) is 46.5 Å². The van der Waals surface area contributed by atoms with Crippen molar-refractivity contribution in [1.82, 2.24) is 20.9 Å². The molecule has 26 heavy (non-hydrogen) atoms. The molecule has 1 saturated heterocycles. The minimum absolute atomic E-state index is 0.0754. The van der Waals surface area contributed by atoms with Crippen molar-refractivity contribution in [3.8, 4) is 0 Å². The molecule has 1 unspecified atom stereocenters.